The predicted molar refractivity (Wildman–Crippen MR) is 75.5 cm³/mol. The lowest BCUT2D eigenvalue weighted by atomic mass is 10.0. The summed E-state index contributed by atoms with van der Waals surface area (Å²) in [6.07, 6.45) is -1.12. The number of halogens is 4. The van der Waals surface area contributed by atoms with Crippen molar-refractivity contribution in [2.24, 2.45) is 0 Å². The van der Waals surface area contributed by atoms with E-state index in [1.165, 1.54) is 17.0 Å². The Bertz CT molecular complexity index is 426. The zero-order chi connectivity index (χ0) is 15.8. The standard InChI is InChI=1S/C15H22F4N2/c1-3-8-20-13(7-9-21(2)10-14(17)18)11-5-4-6-12(16)15(11)19/h4-6,13-14,20H,3,7-10H2,1-2H3. The van der Waals surface area contributed by atoms with Gasteiger partial charge >= 0.3 is 0 Å². The molecule has 0 radical (unpaired) electrons. The highest BCUT2D eigenvalue weighted by Crippen LogP contribution is 2.22. The highest BCUT2D eigenvalue weighted by Gasteiger charge is 2.18. The molecular weight excluding hydrogens is 284 g/mol. The van der Waals surface area contributed by atoms with Crippen LogP contribution in [0.5, 0.6) is 0 Å². The average molecular weight is 306 g/mol. The van der Waals surface area contributed by atoms with Crippen LogP contribution < -0.4 is 5.32 Å². The second kappa shape index (κ2) is 9.00. The molecule has 1 rings (SSSR count). The van der Waals surface area contributed by atoms with E-state index >= 15 is 0 Å². The zero-order valence-electron chi connectivity index (χ0n) is 12.4. The van der Waals surface area contributed by atoms with Crippen LogP contribution in [0.4, 0.5) is 17.6 Å². The molecule has 0 spiro atoms. The molecule has 1 aromatic carbocycles. The third-order valence-electron chi connectivity index (χ3n) is 3.25. The summed E-state index contributed by atoms with van der Waals surface area (Å²) in [5.41, 5.74) is 0.244. The minimum atomic E-state index is -2.40. The number of hydrogen-bond donors (Lipinski definition) is 1. The van der Waals surface area contributed by atoms with Crippen molar-refractivity contribution >= 4 is 0 Å². The van der Waals surface area contributed by atoms with Crippen LogP contribution in [0.1, 0.15) is 31.4 Å². The Kier molecular flexibility index (Phi) is 7.67. The molecule has 0 aliphatic carbocycles. The molecule has 0 aromatic heterocycles. The monoisotopic (exact) mass is 306 g/mol. The maximum absolute atomic E-state index is 13.9. The maximum Gasteiger partial charge on any atom is 0.251 e. The summed E-state index contributed by atoms with van der Waals surface area (Å²) in [7, 11) is 1.59. The third kappa shape index (κ3) is 6.01. The Morgan fingerprint density at radius 3 is 2.57 bits per heavy atom. The van der Waals surface area contributed by atoms with Gasteiger partial charge in [-0.1, -0.05) is 19.1 Å². The van der Waals surface area contributed by atoms with Crippen LogP contribution in [-0.4, -0.2) is 38.0 Å². The Labute approximate surface area is 123 Å². The van der Waals surface area contributed by atoms with Gasteiger partial charge in [-0.05, 0) is 39.0 Å². The molecule has 0 saturated heterocycles. The number of nitrogens with zero attached hydrogens (tertiary/aromatic N) is 1. The Balaban J connectivity index is 2.73. The molecule has 0 amide bonds. The normalized spacial score (nSPS) is 13.1. The van der Waals surface area contributed by atoms with Crippen molar-refractivity contribution in [2.45, 2.75) is 32.2 Å². The Morgan fingerprint density at radius 2 is 1.95 bits per heavy atom. The molecule has 21 heavy (non-hydrogen) atoms. The first-order valence-corrected chi connectivity index (χ1v) is 7.09. The number of benzene rings is 1. The van der Waals surface area contributed by atoms with Gasteiger partial charge in [-0.25, -0.2) is 17.6 Å². The lowest BCUT2D eigenvalue weighted by Crippen LogP contribution is -2.31. The largest absolute Gasteiger partial charge is 0.310 e. The van der Waals surface area contributed by atoms with Gasteiger partial charge in [-0.3, -0.25) is 0 Å². The van der Waals surface area contributed by atoms with E-state index in [0.717, 1.165) is 12.5 Å². The van der Waals surface area contributed by atoms with E-state index in [4.69, 9.17) is 0 Å². The average Bonchev–Trinajstić information content (AvgIpc) is 2.42. The molecule has 2 nitrogen and oxygen atoms in total. The predicted octanol–water partition coefficient (Wildman–Crippen LogP) is 3.59. The van der Waals surface area contributed by atoms with Crippen molar-refractivity contribution in [3.05, 3.63) is 35.4 Å². The molecule has 1 unspecified atom stereocenters. The highest BCUT2D eigenvalue weighted by atomic mass is 19.3. The fourth-order valence-electron chi connectivity index (χ4n) is 2.15. The SMILES string of the molecule is CCCNC(CCN(C)CC(F)F)c1cccc(F)c1F. The van der Waals surface area contributed by atoms with Crippen LogP contribution in [0.3, 0.4) is 0 Å². The van der Waals surface area contributed by atoms with Gasteiger partial charge in [-0.2, -0.15) is 0 Å². The molecule has 0 heterocycles. The molecule has 0 fully saturated rings. The summed E-state index contributed by atoms with van der Waals surface area (Å²) >= 11 is 0. The number of rotatable bonds is 9. The molecule has 1 atom stereocenters. The lowest BCUT2D eigenvalue weighted by molar-refractivity contribution is 0.0984. The second-order valence-corrected chi connectivity index (χ2v) is 5.09. The summed E-state index contributed by atoms with van der Waals surface area (Å²) in [6.45, 7) is 2.67. The van der Waals surface area contributed by atoms with E-state index < -0.39 is 18.1 Å². The minimum absolute atomic E-state index is 0.244. The summed E-state index contributed by atoms with van der Waals surface area (Å²) in [5, 5.41) is 3.14. The van der Waals surface area contributed by atoms with Gasteiger partial charge in [0.1, 0.15) is 0 Å². The molecule has 120 valence electrons. The lowest BCUT2D eigenvalue weighted by Gasteiger charge is -2.23. The van der Waals surface area contributed by atoms with Crippen molar-refractivity contribution in [2.75, 3.05) is 26.7 Å². The van der Waals surface area contributed by atoms with Crippen LogP contribution in [0, 0.1) is 11.6 Å². The smallest absolute Gasteiger partial charge is 0.251 e. The van der Waals surface area contributed by atoms with E-state index in [9.17, 15) is 17.6 Å². The molecule has 0 bridgehead atoms. The molecule has 6 heteroatoms. The van der Waals surface area contributed by atoms with E-state index in [1.807, 2.05) is 6.92 Å². The molecular formula is C15H22F4N2. The van der Waals surface area contributed by atoms with Crippen molar-refractivity contribution in [1.82, 2.24) is 10.2 Å². The van der Waals surface area contributed by atoms with Gasteiger partial charge in [0, 0.05) is 11.6 Å². The number of alkyl halides is 2. The van der Waals surface area contributed by atoms with Gasteiger partial charge in [0.2, 0.25) is 0 Å². The summed E-state index contributed by atoms with van der Waals surface area (Å²) in [5.74, 6) is -1.76. The first-order valence-electron chi connectivity index (χ1n) is 7.09. The summed E-state index contributed by atoms with van der Waals surface area (Å²) in [4.78, 5) is 1.49. The zero-order valence-corrected chi connectivity index (χ0v) is 12.4. The van der Waals surface area contributed by atoms with Gasteiger partial charge < -0.3 is 10.2 Å². The van der Waals surface area contributed by atoms with Crippen molar-refractivity contribution in [3.8, 4) is 0 Å². The molecule has 1 N–H and O–H groups in total. The number of nitrogens with one attached hydrogen (secondary N) is 1. The molecule has 0 aliphatic rings. The fraction of sp³-hybridized carbons (Fsp3) is 0.600. The molecule has 0 saturated carbocycles. The maximum atomic E-state index is 13.9. The van der Waals surface area contributed by atoms with E-state index in [0.29, 0.717) is 19.5 Å². The second-order valence-electron chi connectivity index (χ2n) is 5.09. The number of hydrogen-bond acceptors (Lipinski definition) is 2. The molecule has 1 aromatic rings. The topological polar surface area (TPSA) is 15.3 Å². The van der Waals surface area contributed by atoms with Gasteiger partial charge in [0.25, 0.3) is 6.43 Å². The van der Waals surface area contributed by atoms with Crippen molar-refractivity contribution < 1.29 is 17.6 Å². The third-order valence-corrected chi connectivity index (χ3v) is 3.25. The summed E-state index contributed by atoms with van der Waals surface area (Å²) in [6, 6.07) is 3.66. The van der Waals surface area contributed by atoms with Crippen molar-refractivity contribution in [1.29, 1.82) is 0 Å². The van der Waals surface area contributed by atoms with E-state index in [2.05, 4.69) is 5.32 Å². The fourth-order valence-corrected chi connectivity index (χ4v) is 2.15. The van der Waals surface area contributed by atoms with Gasteiger partial charge in [0.05, 0.1) is 6.54 Å². The Hall–Kier alpha value is -1.14. The van der Waals surface area contributed by atoms with Crippen molar-refractivity contribution in [3.63, 3.8) is 0 Å². The highest BCUT2D eigenvalue weighted by molar-refractivity contribution is 5.22. The summed E-state index contributed by atoms with van der Waals surface area (Å²) < 4.78 is 51.8. The first-order chi connectivity index (χ1) is 9.95. The Morgan fingerprint density at radius 1 is 1.24 bits per heavy atom. The quantitative estimate of drug-likeness (QED) is 0.701. The van der Waals surface area contributed by atoms with E-state index in [-0.39, 0.29) is 18.2 Å². The first kappa shape index (κ1) is 17.9. The van der Waals surface area contributed by atoms with Gasteiger partial charge in [0.15, 0.2) is 11.6 Å². The molecule has 0 aliphatic heterocycles. The van der Waals surface area contributed by atoms with Crippen LogP contribution >= 0.6 is 0 Å². The van der Waals surface area contributed by atoms with E-state index in [1.54, 1.807) is 7.05 Å². The van der Waals surface area contributed by atoms with Crippen LogP contribution in [0.25, 0.3) is 0 Å². The van der Waals surface area contributed by atoms with Crippen LogP contribution in [-0.2, 0) is 0 Å². The van der Waals surface area contributed by atoms with Crippen LogP contribution in [0.15, 0.2) is 18.2 Å². The van der Waals surface area contributed by atoms with Crippen LogP contribution in [0.2, 0.25) is 0 Å². The minimum Gasteiger partial charge on any atom is -0.310 e. The van der Waals surface area contributed by atoms with Gasteiger partial charge in [-0.15, -0.1) is 0 Å².